The number of para-hydroxylation sites is 1. The van der Waals surface area contributed by atoms with Crippen LogP contribution in [0, 0.1) is 5.41 Å². The zero-order valence-electron chi connectivity index (χ0n) is 17.4. The van der Waals surface area contributed by atoms with Crippen LogP contribution in [-0.4, -0.2) is 46.0 Å². The number of aliphatic imine (C=N–C) groups is 1. The van der Waals surface area contributed by atoms with Gasteiger partial charge in [0.1, 0.15) is 0 Å². The van der Waals surface area contributed by atoms with Crippen LogP contribution < -0.4 is 20.1 Å². The van der Waals surface area contributed by atoms with E-state index in [4.69, 9.17) is 19.2 Å². The van der Waals surface area contributed by atoms with Gasteiger partial charge in [0, 0.05) is 38.8 Å². The molecule has 1 heterocycles. The van der Waals surface area contributed by atoms with Gasteiger partial charge in [-0.3, -0.25) is 0 Å². The van der Waals surface area contributed by atoms with Gasteiger partial charge in [-0.05, 0) is 37.7 Å². The largest absolute Gasteiger partial charge is 0.490 e. The summed E-state index contributed by atoms with van der Waals surface area (Å²) in [5, 5.41) is 6.96. The number of ether oxygens (including phenoxy) is 3. The Kier molecular flexibility index (Phi) is 7.83. The molecule has 2 aliphatic rings. The number of methoxy groups -OCH3 is 1. The van der Waals surface area contributed by atoms with Crippen LogP contribution in [-0.2, 0) is 11.3 Å². The van der Waals surface area contributed by atoms with Crippen LogP contribution in [0.1, 0.15) is 51.0 Å². The molecule has 2 N–H and O–H groups in total. The Balaban J connectivity index is 1.66. The number of fused-ring (bicyclic) bond motifs is 1. The van der Waals surface area contributed by atoms with Crippen molar-refractivity contribution in [3.63, 3.8) is 0 Å². The van der Waals surface area contributed by atoms with Crippen LogP contribution >= 0.6 is 0 Å². The summed E-state index contributed by atoms with van der Waals surface area (Å²) >= 11 is 0. The molecule has 156 valence electrons. The van der Waals surface area contributed by atoms with E-state index in [1.165, 1.54) is 25.7 Å². The molecule has 6 heteroatoms. The van der Waals surface area contributed by atoms with Crippen molar-refractivity contribution in [2.75, 3.05) is 40.0 Å². The van der Waals surface area contributed by atoms with E-state index in [2.05, 4.69) is 23.6 Å². The summed E-state index contributed by atoms with van der Waals surface area (Å²) in [4.78, 5) is 4.82. The summed E-state index contributed by atoms with van der Waals surface area (Å²) in [6.07, 6.45) is 7.16. The third-order valence-corrected chi connectivity index (χ3v) is 5.74. The first-order valence-electron chi connectivity index (χ1n) is 10.6. The summed E-state index contributed by atoms with van der Waals surface area (Å²) in [5.74, 6) is 2.53. The zero-order valence-corrected chi connectivity index (χ0v) is 17.4. The van der Waals surface area contributed by atoms with Gasteiger partial charge >= 0.3 is 0 Å². The second kappa shape index (κ2) is 10.6. The van der Waals surface area contributed by atoms with E-state index in [0.717, 1.165) is 55.6 Å². The lowest BCUT2D eigenvalue weighted by atomic mass is 9.83. The summed E-state index contributed by atoms with van der Waals surface area (Å²) in [6, 6.07) is 6.05. The van der Waals surface area contributed by atoms with E-state index in [0.29, 0.717) is 25.2 Å². The summed E-state index contributed by atoms with van der Waals surface area (Å²) in [6.45, 7) is 6.65. The maximum Gasteiger partial charge on any atom is 0.191 e. The van der Waals surface area contributed by atoms with Gasteiger partial charge in [-0.25, -0.2) is 4.99 Å². The molecule has 6 nitrogen and oxygen atoms in total. The molecule has 0 bridgehead atoms. The average molecular weight is 390 g/mol. The summed E-state index contributed by atoms with van der Waals surface area (Å²) in [7, 11) is 1.79. The van der Waals surface area contributed by atoms with E-state index in [9.17, 15) is 0 Å². The van der Waals surface area contributed by atoms with Gasteiger partial charge in [0.05, 0.1) is 19.8 Å². The fraction of sp³-hybridized carbons (Fsp3) is 0.682. The molecule has 0 saturated heterocycles. The topological polar surface area (TPSA) is 64.1 Å². The molecule has 0 amide bonds. The molecule has 0 radical (unpaired) electrons. The van der Waals surface area contributed by atoms with E-state index in [1.54, 1.807) is 7.11 Å². The molecule has 0 unspecified atom stereocenters. The Morgan fingerprint density at radius 2 is 1.96 bits per heavy atom. The SMILES string of the molecule is CCNC(=NCc1cccc2c1OCCCO2)NCC1(CCOC)CCCC1. The molecule has 0 aromatic heterocycles. The van der Waals surface area contributed by atoms with Gasteiger partial charge in [-0.15, -0.1) is 0 Å². The van der Waals surface area contributed by atoms with E-state index >= 15 is 0 Å². The lowest BCUT2D eigenvalue weighted by Gasteiger charge is -2.30. The molecule has 1 fully saturated rings. The maximum absolute atomic E-state index is 5.92. The van der Waals surface area contributed by atoms with Crippen molar-refractivity contribution in [1.82, 2.24) is 10.6 Å². The van der Waals surface area contributed by atoms with Crippen molar-refractivity contribution in [1.29, 1.82) is 0 Å². The summed E-state index contributed by atoms with van der Waals surface area (Å²) in [5.41, 5.74) is 1.39. The lowest BCUT2D eigenvalue weighted by Crippen LogP contribution is -2.43. The predicted molar refractivity (Wildman–Crippen MR) is 112 cm³/mol. The first-order chi connectivity index (χ1) is 13.8. The first kappa shape index (κ1) is 20.8. The Bertz CT molecular complexity index is 642. The Labute approximate surface area is 169 Å². The molecule has 1 aliphatic heterocycles. The van der Waals surface area contributed by atoms with Crippen molar-refractivity contribution >= 4 is 5.96 Å². The fourth-order valence-electron chi connectivity index (χ4n) is 4.11. The summed E-state index contributed by atoms with van der Waals surface area (Å²) < 4.78 is 17.1. The van der Waals surface area contributed by atoms with Crippen molar-refractivity contribution in [2.24, 2.45) is 10.4 Å². The van der Waals surface area contributed by atoms with Crippen LogP contribution in [0.4, 0.5) is 0 Å². The molecular formula is C22H35N3O3. The average Bonchev–Trinajstić information content (AvgIpc) is 3.05. The van der Waals surface area contributed by atoms with Crippen LogP contribution in [0.25, 0.3) is 0 Å². The molecule has 1 aliphatic carbocycles. The van der Waals surface area contributed by atoms with E-state index < -0.39 is 0 Å². The molecule has 1 aromatic rings. The number of nitrogens with zero attached hydrogens (tertiary/aromatic N) is 1. The van der Waals surface area contributed by atoms with Gasteiger partial charge in [-0.1, -0.05) is 25.0 Å². The highest BCUT2D eigenvalue weighted by molar-refractivity contribution is 5.79. The zero-order chi connectivity index (χ0) is 19.7. The minimum absolute atomic E-state index is 0.326. The Morgan fingerprint density at radius 1 is 1.14 bits per heavy atom. The second-order valence-electron chi connectivity index (χ2n) is 7.79. The van der Waals surface area contributed by atoms with Crippen molar-refractivity contribution in [3.05, 3.63) is 23.8 Å². The number of hydrogen-bond acceptors (Lipinski definition) is 4. The van der Waals surface area contributed by atoms with Crippen molar-refractivity contribution in [3.8, 4) is 11.5 Å². The predicted octanol–water partition coefficient (Wildman–Crippen LogP) is 3.50. The van der Waals surface area contributed by atoms with Crippen LogP contribution in [0.15, 0.2) is 23.2 Å². The number of nitrogens with one attached hydrogen (secondary N) is 2. The Morgan fingerprint density at radius 3 is 2.75 bits per heavy atom. The van der Waals surface area contributed by atoms with Gasteiger partial charge in [0.25, 0.3) is 0 Å². The standard InChI is InChI=1S/C22H35N3O3/c1-3-23-21(25-17-22(12-15-26-2)10-4-5-11-22)24-16-18-8-6-9-19-20(18)28-14-7-13-27-19/h6,8-9H,3-5,7,10-17H2,1-2H3,(H2,23,24,25). The number of guanidine groups is 1. The van der Waals surface area contributed by atoms with Gasteiger partial charge in [0.2, 0.25) is 0 Å². The van der Waals surface area contributed by atoms with Gasteiger partial charge in [0.15, 0.2) is 17.5 Å². The quantitative estimate of drug-likeness (QED) is 0.526. The van der Waals surface area contributed by atoms with Crippen LogP contribution in [0.3, 0.4) is 0 Å². The number of benzene rings is 1. The molecule has 1 saturated carbocycles. The van der Waals surface area contributed by atoms with Crippen molar-refractivity contribution < 1.29 is 14.2 Å². The smallest absolute Gasteiger partial charge is 0.191 e. The third-order valence-electron chi connectivity index (χ3n) is 5.74. The lowest BCUT2D eigenvalue weighted by molar-refractivity contribution is 0.138. The molecule has 0 spiro atoms. The first-order valence-corrected chi connectivity index (χ1v) is 10.6. The Hall–Kier alpha value is -1.95. The van der Waals surface area contributed by atoms with E-state index in [-0.39, 0.29) is 0 Å². The highest BCUT2D eigenvalue weighted by Gasteiger charge is 2.33. The molecular weight excluding hydrogens is 354 g/mol. The van der Waals surface area contributed by atoms with Gasteiger partial charge < -0.3 is 24.8 Å². The maximum atomic E-state index is 5.92. The van der Waals surface area contributed by atoms with Gasteiger partial charge in [-0.2, -0.15) is 0 Å². The fourth-order valence-corrected chi connectivity index (χ4v) is 4.11. The molecule has 28 heavy (non-hydrogen) atoms. The minimum atomic E-state index is 0.326. The molecule has 3 rings (SSSR count). The monoisotopic (exact) mass is 389 g/mol. The minimum Gasteiger partial charge on any atom is -0.490 e. The highest BCUT2D eigenvalue weighted by Crippen LogP contribution is 2.40. The normalized spacial score (nSPS) is 18.6. The van der Waals surface area contributed by atoms with Crippen molar-refractivity contribution in [2.45, 2.75) is 52.0 Å². The van der Waals surface area contributed by atoms with Crippen LogP contribution in [0.2, 0.25) is 0 Å². The van der Waals surface area contributed by atoms with E-state index in [1.807, 2.05) is 12.1 Å². The van der Waals surface area contributed by atoms with Crippen LogP contribution in [0.5, 0.6) is 11.5 Å². The highest BCUT2D eigenvalue weighted by atomic mass is 16.5. The number of hydrogen-bond donors (Lipinski definition) is 2. The third kappa shape index (κ3) is 5.53. The molecule has 1 aromatic carbocycles. The molecule has 0 atom stereocenters. The number of rotatable bonds is 8. The second-order valence-corrected chi connectivity index (χ2v) is 7.79.